The van der Waals surface area contributed by atoms with E-state index < -0.39 is 0 Å². The normalized spacial score (nSPS) is 12.4. The molecule has 1 unspecified atom stereocenters. The summed E-state index contributed by atoms with van der Waals surface area (Å²) in [6.07, 6.45) is 0. The molecule has 0 fully saturated rings. The van der Waals surface area contributed by atoms with Gasteiger partial charge in [0.05, 0.1) is 13.2 Å². The molecule has 2 rings (SSSR count). The molecule has 1 N–H and O–H groups in total. The fourth-order valence-electron chi connectivity index (χ4n) is 1.98. The monoisotopic (exact) mass is 281 g/mol. The van der Waals surface area contributed by atoms with E-state index in [0.717, 1.165) is 16.3 Å². The number of methoxy groups -OCH3 is 1. The summed E-state index contributed by atoms with van der Waals surface area (Å²) >= 11 is 8.08. The molecule has 0 amide bonds. The zero-order chi connectivity index (χ0) is 13.1. The van der Waals surface area contributed by atoms with E-state index in [2.05, 4.69) is 23.7 Å². The molecule has 1 atom stereocenters. The minimum atomic E-state index is 0.128. The van der Waals surface area contributed by atoms with Crippen molar-refractivity contribution in [3.8, 4) is 5.75 Å². The predicted molar refractivity (Wildman–Crippen MR) is 78.0 cm³/mol. The van der Waals surface area contributed by atoms with Gasteiger partial charge in [-0.1, -0.05) is 17.7 Å². The first-order valence-corrected chi connectivity index (χ1v) is 6.97. The van der Waals surface area contributed by atoms with Gasteiger partial charge in [0.25, 0.3) is 0 Å². The lowest BCUT2D eigenvalue weighted by Crippen LogP contribution is -2.17. The molecule has 0 radical (unpaired) electrons. The van der Waals surface area contributed by atoms with Crippen LogP contribution in [0, 0.1) is 6.92 Å². The minimum Gasteiger partial charge on any atom is -0.497 e. The first kappa shape index (κ1) is 13.4. The van der Waals surface area contributed by atoms with Gasteiger partial charge < -0.3 is 10.1 Å². The van der Waals surface area contributed by atoms with Crippen molar-refractivity contribution in [2.45, 2.75) is 13.0 Å². The molecule has 2 nitrogen and oxygen atoms in total. The van der Waals surface area contributed by atoms with Gasteiger partial charge in [-0.15, -0.1) is 11.3 Å². The van der Waals surface area contributed by atoms with Crippen molar-refractivity contribution in [3.63, 3.8) is 0 Å². The summed E-state index contributed by atoms with van der Waals surface area (Å²) in [6.45, 7) is 2.12. The second kappa shape index (κ2) is 5.74. The number of hydrogen-bond donors (Lipinski definition) is 1. The lowest BCUT2D eigenvalue weighted by molar-refractivity contribution is 0.414. The molecule has 96 valence electrons. The number of nitrogens with one attached hydrogen (secondary N) is 1. The smallest absolute Gasteiger partial charge is 0.120 e. The van der Waals surface area contributed by atoms with Gasteiger partial charge in [0, 0.05) is 9.90 Å². The van der Waals surface area contributed by atoms with E-state index >= 15 is 0 Å². The molecule has 0 saturated carbocycles. The van der Waals surface area contributed by atoms with Crippen LogP contribution in [0.5, 0.6) is 5.75 Å². The van der Waals surface area contributed by atoms with Crippen LogP contribution in [0.2, 0.25) is 5.02 Å². The lowest BCUT2D eigenvalue weighted by atomic mass is 10.0. The van der Waals surface area contributed by atoms with Gasteiger partial charge in [-0.05, 0) is 48.7 Å². The van der Waals surface area contributed by atoms with Crippen molar-refractivity contribution in [1.82, 2.24) is 5.32 Å². The molecular weight excluding hydrogens is 266 g/mol. The minimum absolute atomic E-state index is 0.128. The Labute approximate surface area is 117 Å². The van der Waals surface area contributed by atoms with E-state index in [9.17, 15) is 0 Å². The highest BCUT2D eigenvalue weighted by molar-refractivity contribution is 7.10. The van der Waals surface area contributed by atoms with E-state index in [1.54, 1.807) is 18.4 Å². The second-order valence-electron chi connectivity index (χ2n) is 4.08. The third-order valence-corrected chi connectivity index (χ3v) is 4.38. The van der Waals surface area contributed by atoms with Crippen LogP contribution in [0.25, 0.3) is 0 Å². The topological polar surface area (TPSA) is 21.3 Å². The average Bonchev–Trinajstić information content (AvgIpc) is 2.78. The summed E-state index contributed by atoms with van der Waals surface area (Å²) in [4.78, 5) is 1.30. The molecule has 18 heavy (non-hydrogen) atoms. The number of halogens is 1. The number of benzene rings is 1. The van der Waals surface area contributed by atoms with Crippen LogP contribution in [0.15, 0.2) is 29.6 Å². The fraction of sp³-hybridized carbons (Fsp3) is 0.286. The molecule has 0 aliphatic rings. The third-order valence-electron chi connectivity index (χ3n) is 2.97. The number of rotatable bonds is 4. The second-order valence-corrected chi connectivity index (χ2v) is 5.43. The zero-order valence-corrected chi connectivity index (χ0v) is 12.2. The third kappa shape index (κ3) is 2.53. The molecule has 2 aromatic rings. The molecule has 0 aliphatic heterocycles. The predicted octanol–water partition coefficient (Wildman–Crippen LogP) is 4.03. The summed E-state index contributed by atoms with van der Waals surface area (Å²) in [6, 6.07) is 8.06. The molecule has 0 bridgehead atoms. The Morgan fingerprint density at radius 3 is 2.61 bits per heavy atom. The molecule has 0 saturated heterocycles. The highest BCUT2D eigenvalue weighted by atomic mass is 35.5. The van der Waals surface area contributed by atoms with Crippen molar-refractivity contribution in [1.29, 1.82) is 0 Å². The van der Waals surface area contributed by atoms with E-state index in [4.69, 9.17) is 16.3 Å². The van der Waals surface area contributed by atoms with Gasteiger partial charge in [0.2, 0.25) is 0 Å². The van der Waals surface area contributed by atoms with Gasteiger partial charge in [-0.3, -0.25) is 0 Å². The van der Waals surface area contributed by atoms with E-state index in [-0.39, 0.29) is 6.04 Å². The summed E-state index contributed by atoms with van der Waals surface area (Å²) < 4.78 is 5.18. The zero-order valence-electron chi connectivity index (χ0n) is 10.7. The Morgan fingerprint density at radius 2 is 2.11 bits per heavy atom. The Morgan fingerprint density at radius 1 is 1.33 bits per heavy atom. The van der Waals surface area contributed by atoms with Crippen molar-refractivity contribution in [3.05, 3.63) is 50.7 Å². The van der Waals surface area contributed by atoms with Crippen LogP contribution in [0.1, 0.15) is 22.0 Å². The first-order chi connectivity index (χ1) is 8.67. The van der Waals surface area contributed by atoms with Gasteiger partial charge in [0.1, 0.15) is 5.75 Å². The molecule has 1 aromatic carbocycles. The maximum atomic E-state index is 6.34. The summed E-state index contributed by atoms with van der Waals surface area (Å²) in [5.41, 5.74) is 2.36. The largest absolute Gasteiger partial charge is 0.497 e. The molecule has 4 heteroatoms. The van der Waals surface area contributed by atoms with E-state index in [1.807, 2.05) is 25.2 Å². The Bertz CT molecular complexity index is 538. The van der Waals surface area contributed by atoms with Gasteiger partial charge in [-0.25, -0.2) is 0 Å². The quantitative estimate of drug-likeness (QED) is 0.914. The van der Waals surface area contributed by atoms with E-state index in [1.165, 1.54) is 10.4 Å². The molecule has 0 aliphatic carbocycles. The average molecular weight is 282 g/mol. The van der Waals surface area contributed by atoms with Crippen LogP contribution >= 0.6 is 22.9 Å². The maximum absolute atomic E-state index is 6.34. The highest BCUT2D eigenvalue weighted by Gasteiger charge is 2.18. The number of hydrogen-bond acceptors (Lipinski definition) is 3. The number of thiophene rings is 1. The van der Waals surface area contributed by atoms with Crippen molar-refractivity contribution < 1.29 is 4.74 Å². The fourth-order valence-corrected chi connectivity index (χ4v) is 3.31. The Kier molecular flexibility index (Phi) is 4.27. The van der Waals surface area contributed by atoms with Gasteiger partial charge in [0.15, 0.2) is 0 Å². The maximum Gasteiger partial charge on any atom is 0.120 e. The highest BCUT2D eigenvalue weighted by Crippen LogP contribution is 2.34. The lowest BCUT2D eigenvalue weighted by Gasteiger charge is -2.18. The molecule has 0 spiro atoms. The Balaban J connectivity index is 2.42. The SMILES string of the molecule is CNC(c1ccc(OC)cc1Cl)c1sccc1C. The summed E-state index contributed by atoms with van der Waals surface area (Å²) in [7, 11) is 3.59. The number of ether oxygens (including phenoxy) is 1. The van der Waals surface area contributed by atoms with Crippen LogP contribution in [0.4, 0.5) is 0 Å². The number of aryl methyl sites for hydroxylation is 1. The van der Waals surface area contributed by atoms with Gasteiger partial charge in [-0.2, -0.15) is 0 Å². The van der Waals surface area contributed by atoms with Crippen LogP contribution in [0.3, 0.4) is 0 Å². The summed E-state index contributed by atoms with van der Waals surface area (Å²) in [5, 5.41) is 6.15. The van der Waals surface area contributed by atoms with E-state index in [0.29, 0.717) is 0 Å². The van der Waals surface area contributed by atoms with Crippen molar-refractivity contribution in [2.75, 3.05) is 14.2 Å². The van der Waals surface area contributed by atoms with Crippen LogP contribution in [-0.4, -0.2) is 14.2 Å². The Hall–Kier alpha value is -1.03. The van der Waals surface area contributed by atoms with Crippen molar-refractivity contribution in [2.24, 2.45) is 0 Å². The molecule has 1 heterocycles. The van der Waals surface area contributed by atoms with Crippen molar-refractivity contribution >= 4 is 22.9 Å². The summed E-state index contributed by atoms with van der Waals surface area (Å²) in [5.74, 6) is 0.779. The van der Waals surface area contributed by atoms with Crippen LogP contribution < -0.4 is 10.1 Å². The van der Waals surface area contributed by atoms with Crippen LogP contribution in [-0.2, 0) is 0 Å². The molecule has 1 aromatic heterocycles. The van der Waals surface area contributed by atoms with Gasteiger partial charge >= 0.3 is 0 Å². The first-order valence-electron chi connectivity index (χ1n) is 5.72. The molecular formula is C14H16ClNOS. The standard InChI is InChI=1S/C14H16ClNOS/c1-9-6-7-18-14(9)13(16-2)11-5-4-10(17-3)8-12(11)15/h4-8,13,16H,1-3H3.